The van der Waals surface area contributed by atoms with Gasteiger partial charge < -0.3 is 4.74 Å². The smallest absolute Gasteiger partial charge is 0.319 e. The molecule has 3 rings (SSSR count). The molecule has 0 amide bonds. The van der Waals surface area contributed by atoms with Crippen molar-refractivity contribution in [3.8, 4) is 11.4 Å². The number of hydrogen-bond donors (Lipinski definition) is 0. The van der Waals surface area contributed by atoms with E-state index in [-0.39, 0.29) is 11.2 Å². The van der Waals surface area contributed by atoms with E-state index in [2.05, 4.69) is 4.98 Å². The first-order valence-electron chi connectivity index (χ1n) is 9.20. The van der Waals surface area contributed by atoms with Crippen molar-refractivity contribution in [3.63, 3.8) is 0 Å². The predicted molar refractivity (Wildman–Crippen MR) is 120 cm³/mol. The van der Waals surface area contributed by atoms with Crippen molar-refractivity contribution < 1.29 is 9.53 Å². The highest BCUT2D eigenvalue weighted by Gasteiger charge is 2.18. The van der Waals surface area contributed by atoms with E-state index in [1.165, 1.54) is 11.8 Å². The van der Waals surface area contributed by atoms with Crippen LogP contribution in [-0.2, 0) is 15.3 Å². The highest BCUT2D eigenvalue weighted by atomic mass is 35.5. The number of esters is 1. The van der Waals surface area contributed by atoms with Crippen molar-refractivity contribution in [3.05, 3.63) is 71.4 Å². The second-order valence-corrected chi connectivity index (χ2v) is 8.99. The van der Waals surface area contributed by atoms with Crippen LogP contribution in [0.4, 0.5) is 0 Å². The van der Waals surface area contributed by atoms with Crippen LogP contribution in [0.1, 0.15) is 19.5 Å². The van der Waals surface area contributed by atoms with Gasteiger partial charge in [-0.1, -0.05) is 53.7 Å². The first-order valence-corrected chi connectivity index (χ1v) is 11.4. The van der Waals surface area contributed by atoms with Crippen LogP contribution in [-0.4, -0.2) is 27.8 Å². The topological polar surface area (TPSA) is 52.1 Å². The molecule has 2 aromatic carbocycles. The van der Waals surface area contributed by atoms with E-state index in [0.717, 1.165) is 26.2 Å². The van der Waals surface area contributed by atoms with Crippen LogP contribution in [0.3, 0.4) is 0 Å². The molecule has 0 spiro atoms. The summed E-state index contributed by atoms with van der Waals surface area (Å²) >= 11 is 9.03. The fraction of sp³-hybridized carbons (Fsp3) is 0.227. The molecule has 0 aliphatic rings. The highest BCUT2D eigenvalue weighted by molar-refractivity contribution is 8.00. The van der Waals surface area contributed by atoms with Crippen LogP contribution in [0.15, 0.2) is 70.6 Å². The first-order chi connectivity index (χ1) is 14.0. The summed E-state index contributed by atoms with van der Waals surface area (Å²) in [6, 6.07) is 19.5. The number of ether oxygens (including phenoxy) is 1. The van der Waals surface area contributed by atoms with Crippen LogP contribution in [0, 0.1) is 0 Å². The standard InChI is InChI=1S/C22H21ClN2O2S2/c1-3-27-22(26)15(2)29-20-13-18(14-28-19-11-9-17(23)10-12-19)24-21(25-20)16-7-5-4-6-8-16/h4-13,15H,3,14H2,1-2H3. The second kappa shape index (κ2) is 10.7. The molecule has 29 heavy (non-hydrogen) atoms. The number of nitrogens with zero attached hydrogens (tertiary/aromatic N) is 2. The van der Waals surface area contributed by atoms with Crippen molar-refractivity contribution >= 4 is 41.1 Å². The zero-order valence-corrected chi connectivity index (χ0v) is 18.6. The average molecular weight is 445 g/mol. The molecule has 0 saturated heterocycles. The molecular formula is C22H21ClN2O2S2. The largest absolute Gasteiger partial charge is 0.465 e. The Labute approximate surface area is 184 Å². The Morgan fingerprint density at radius 2 is 1.83 bits per heavy atom. The Balaban J connectivity index is 1.84. The van der Waals surface area contributed by atoms with E-state index < -0.39 is 0 Å². The molecule has 4 nitrogen and oxygen atoms in total. The van der Waals surface area contributed by atoms with E-state index in [1.54, 1.807) is 18.7 Å². The molecule has 7 heteroatoms. The molecular weight excluding hydrogens is 424 g/mol. The SMILES string of the molecule is CCOC(=O)C(C)Sc1cc(CSc2ccc(Cl)cc2)nc(-c2ccccc2)n1. The summed E-state index contributed by atoms with van der Waals surface area (Å²) in [4.78, 5) is 22.5. The fourth-order valence-electron chi connectivity index (χ4n) is 2.50. The molecule has 0 aliphatic carbocycles. The molecule has 150 valence electrons. The molecule has 1 heterocycles. The maximum Gasteiger partial charge on any atom is 0.319 e. The van der Waals surface area contributed by atoms with Crippen LogP contribution in [0.2, 0.25) is 5.02 Å². The summed E-state index contributed by atoms with van der Waals surface area (Å²) in [5.74, 6) is 1.10. The number of halogens is 1. The third kappa shape index (κ3) is 6.49. The number of benzene rings is 2. The van der Waals surface area contributed by atoms with E-state index in [0.29, 0.717) is 18.2 Å². The number of carbonyl (C=O) groups excluding carboxylic acids is 1. The van der Waals surface area contributed by atoms with Gasteiger partial charge in [-0.05, 0) is 44.2 Å². The van der Waals surface area contributed by atoms with Crippen LogP contribution in [0.25, 0.3) is 11.4 Å². The minimum absolute atomic E-state index is 0.241. The number of hydrogen-bond acceptors (Lipinski definition) is 6. The predicted octanol–water partition coefficient (Wildman–Crippen LogP) is 6.13. The summed E-state index contributed by atoms with van der Waals surface area (Å²) in [5, 5.41) is 1.13. The monoisotopic (exact) mass is 444 g/mol. The van der Waals surface area contributed by atoms with Crippen molar-refractivity contribution in [1.82, 2.24) is 9.97 Å². The van der Waals surface area contributed by atoms with E-state index in [4.69, 9.17) is 21.3 Å². The van der Waals surface area contributed by atoms with Gasteiger partial charge in [0.25, 0.3) is 0 Å². The Kier molecular flexibility index (Phi) is 7.98. The van der Waals surface area contributed by atoms with Crippen molar-refractivity contribution in [2.75, 3.05) is 6.61 Å². The Hall–Kier alpha value is -2.02. The molecule has 1 atom stereocenters. The van der Waals surface area contributed by atoms with Gasteiger partial charge in [0, 0.05) is 21.2 Å². The molecule has 1 aromatic heterocycles. The lowest BCUT2D eigenvalue weighted by atomic mass is 10.2. The van der Waals surface area contributed by atoms with Crippen molar-refractivity contribution in [2.24, 2.45) is 0 Å². The van der Waals surface area contributed by atoms with Gasteiger partial charge in [-0.15, -0.1) is 11.8 Å². The van der Waals surface area contributed by atoms with Gasteiger partial charge in [0.05, 0.1) is 12.3 Å². The van der Waals surface area contributed by atoms with Gasteiger partial charge in [-0.3, -0.25) is 4.79 Å². The maximum atomic E-state index is 12.0. The minimum atomic E-state index is -0.342. The molecule has 1 unspecified atom stereocenters. The quantitative estimate of drug-likeness (QED) is 0.236. The molecule has 0 radical (unpaired) electrons. The number of thioether (sulfide) groups is 2. The molecule has 0 fully saturated rings. The summed E-state index contributed by atoms with van der Waals surface area (Å²) in [5.41, 5.74) is 1.84. The van der Waals surface area contributed by atoms with Crippen LogP contribution in [0.5, 0.6) is 0 Å². The van der Waals surface area contributed by atoms with Crippen molar-refractivity contribution in [2.45, 2.75) is 34.8 Å². The summed E-state index contributed by atoms with van der Waals surface area (Å²) < 4.78 is 5.12. The van der Waals surface area contributed by atoms with Gasteiger partial charge in [0.2, 0.25) is 0 Å². The molecule has 0 aliphatic heterocycles. The zero-order chi connectivity index (χ0) is 20.6. The summed E-state index contributed by atoms with van der Waals surface area (Å²) in [7, 11) is 0. The number of rotatable bonds is 8. The summed E-state index contributed by atoms with van der Waals surface area (Å²) in [6.07, 6.45) is 0. The third-order valence-corrected chi connectivity index (χ3v) is 6.20. The van der Waals surface area contributed by atoms with Gasteiger partial charge in [0.1, 0.15) is 10.3 Å². The Bertz CT molecular complexity index is 953. The van der Waals surface area contributed by atoms with Crippen LogP contribution >= 0.6 is 35.1 Å². The first kappa shape index (κ1) is 21.7. The lowest BCUT2D eigenvalue weighted by Gasteiger charge is -2.12. The van der Waals surface area contributed by atoms with Gasteiger partial charge in [-0.2, -0.15) is 0 Å². The summed E-state index contributed by atoms with van der Waals surface area (Å²) in [6.45, 7) is 4.00. The zero-order valence-electron chi connectivity index (χ0n) is 16.2. The second-order valence-electron chi connectivity index (χ2n) is 6.14. The lowest BCUT2D eigenvalue weighted by Crippen LogP contribution is -2.17. The van der Waals surface area contributed by atoms with E-state index >= 15 is 0 Å². The molecule has 3 aromatic rings. The lowest BCUT2D eigenvalue weighted by molar-refractivity contribution is -0.142. The van der Waals surface area contributed by atoms with Gasteiger partial charge in [0.15, 0.2) is 5.82 Å². The van der Waals surface area contributed by atoms with Gasteiger partial charge in [-0.25, -0.2) is 9.97 Å². The van der Waals surface area contributed by atoms with Crippen LogP contribution < -0.4 is 0 Å². The van der Waals surface area contributed by atoms with Gasteiger partial charge >= 0.3 is 5.97 Å². The molecule has 0 N–H and O–H groups in total. The normalized spacial score (nSPS) is 11.8. The minimum Gasteiger partial charge on any atom is -0.465 e. The van der Waals surface area contributed by atoms with E-state index in [9.17, 15) is 4.79 Å². The Morgan fingerprint density at radius 3 is 2.52 bits per heavy atom. The molecule has 0 bridgehead atoms. The Morgan fingerprint density at radius 1 is 1.10 bits per heavy atom. The highest BCUT2D eigenvalue weighted by Crippen LogP contribution is 2.29. The number of carbonyl (C=O) groups is 1. The van der Waals surface area contributed by atoms with Crippen molar-refractivity contribution in [1.29, 1.82) is 0 Å². The van der Waals surface area contributed by atoms with E-state index in [1.807, 2.05) is 67.6 Å². The number of aromatic nitrogens is 2. The average Bonchev–Trinajstić information content (AvgIpc) is 2.74. The fourth-order valence-corrected chi connectivity index (χ4v) is 4.29. The maximum absolute atomic E-state index is 12.0. The molecule has 0 saturated carbocycles. The third-order valence-electron chi connectivity index (χ3n) is 3.90.